The number of ether oxygens (including phenoxy) is 2. The first-order valence-electron chi connectivity index (χ1n) is 7.51. The fourth-order valence-corrected chi connectivity index (χ4v) is 2.04. The highest BCUT2D eigenvalue weighted by atomic mass is 16.5. The first-order chi connectivity index (χ1) is 11.2. The summed E-state index contributed by atoms with van der Waals surface area (Å²) in [6.07, 6.45) is 8.89. The van der Waals surface area contributed by atoms with Gasteiger partial charge in [0.05, 0.1) is 7.11 Å². The second-order valence-corrected chi connectivity index (χ2v) is 4.92. The Morgan fingerprint density at radius 2 is 2.26 bits per heavy atom. The van der Waals surface area contributed by atoms with Crippen LogP contribution >= 0.6 is 0 Å². The molecule has 120 valence electrons. The first kappa shape index (κ1) is 16.8. The molecule has 0 atom stereocenters. The third-order valence-corrected chi connectivity index (χ3v) is 3.19. The summed E-state index contributed by atoms with van der Waals surface area (Å²) >= 11 is 0. The Kier molecular flexibility index (Phi) is 6.40. The number of nitrogens with two attached hydrogens (primary N) is 1. The summed E-state index contributed by atoms with van der Waals surface area (Å²) < 4.78 is 10.5. The van der Waals surface area contributed by atoms with Crippen LogP contribution in [0, 0.1) is 11.8 Å². The molecule has 0 aliphatic heterocycles. The van der Waals surface area contributed by atoms with Crippen molar-refractivity contribution in [2.45, 2.75) is 19.3 Å². The number of pyridine rings is 1. The molecule has 1 heterocycles. The molecule has 5 heteroatoms. The van der Waals surface area contributed by atoms with Gasteiger partial charge in [-0.15, -0.1) is 0 Å². The molecule has 0 saturated carbocycles. The third-order valence-electron chi connectivity index (χ3n) is 3.19. The van der Waals surface area contributed by atoms with Crippen LogP contribution in [0.15, 0.2) is 35.9 Å². The van der Waals surface area contributed by atoms with E-state index in [1.165, 1.54) is 7.11 Å². The van der Waals surface area contributed by atoms with E-state index in [2.05, 4.69) is 29.0 Å². The number of nitrogens with zero attached hydrogens (tertiary/aromatic N) is 1. The number of carbonyl (C=O) groups is 1. The molecule has 1 aliphatic carbocycles. The second kappa shape index (κ2) is 8.76. The number of allylic oxidation sites excluding steroid dienone is 2. The Hall–Kier alpha value is -2.58. The second-order valence-electron chi connectivity index (χ2n) is 4.92. The van der Waals surface area contributed by atoms with Gasteiger partial charge in [-0.25, -0.2) is 9.78 Å². The minimum absolute atomic E-state index is 0.132. The zero-order valence-electron chi connectivity index (χ0n) is 13.2. The smallest absolute Gasteiger partial charge is 0.360 e. The number of hydrogen-bond acceptors (Lipinski definition) is 5. The van der Waals surface area contributed by atoms with Gasteiger partial charge in [0.2, 0.25) is 0 Å². The fraction of sp³-hybridized carbons (Fsp3) is 0.333. The molecular weight excluding hydrogens is 292 g/mol. The summed E-state index contributed by atoms with van der Waals surface area (Å²) in [5.74, 6) is 5.60. The van der Waals surface area contributed by atoms with E-state index in [-0.39, 0.29) is 5.69 Å². The van der Waals surface area contributed by atoms with Crippen LogP contribution in [0.25, 0.3) is 0 Å². The molecule has 2 rings (SSSR count). The fourth-order valence-electron chi connectivity index (χ4n) is 2.04. The largest absolute Gasteiger partial charge is 0.486 e. The van der Waals surface area contributed by atoms with Gasteiger partial charge in [0.1, 0.15) is 12.3 Å². The van der Waals surface area contributed by atoms with Crippen molar-refractivity contribution >= 4 is 5.97 Å². The molecule has 23 heavy (non-hydrogen) atoms. The van der Waals surface area contributed by atoms with Crippen LogP contribution in [-0.2, 0) is 4.74 Å². The highest BCUT2D eigenvalue weighted by Gasteiger charge is 2.16. The Balaban J connectivity index is 2.17. The summed E-state index contributed by atoms with van der Waals surface area (Å²) in [6, 6.07) is 3.41. The molecule has 1 aliphatic rings. The summed E-state index contributed by atoms with van der Waals surface area (Å²) in [4.78, 5) is 16.1. The van der Waals surface area contributed by atoms with Crippen LogP contribution in [0.3, 0.4) is 0 Å². The minimum Gasteiger partial charge on any atom is -0.486 e. The van der Waals surface area contributed by atoms with Crippen LogP contribution in [0.2, 0.25) is 0 Å². The van der Waals surface area contributed by atoms with Crippen molar-refractivity contribution in [2.24, 2.45) is 5.73 Å². The first-order valence-corrected chi connectivity index (χ1v) is 7.51. The Morgan fingerprint density at radius 1 is 1.39 bits per heavy atom. The number of methoxy groups -OCH3 is 1. The van der Waals surface area contributed by atoms with Gasteiger partial charge in [-0.05, 0) is 36.5 Å². The zero-order chi connectivity index (χ0) is 16.5. The molecule has 0 saturated heterocycles. The van der Waals surface area contributed by atoms with Gasteiger partial charge in [-0.1, -0.05) is 24.1 Å². The van der Waals surface area contributed by atoms with Crippen LogP contribution < -0.4 is 10.5 Å². The lowest BCUT2D eigenvalue weighted by Gasteiger charge is -2.12. The lowest BCUT2D eigenvalue weighted by Crippen LogP contribution is -2.11. The molecular formula is C18H20N2O3. The molecule has 0 bridgehead atoms. The number of hydrogen-bond donors (Lipinski definition) is 1. The molecule has 0 aromatic carbocycles. The Labute approximate surface area is 136 Å². The predicted octanol–water partition coefficient (Wildman–Crippen LogP) is 2.22. The van der Waals surface area contributed by atoms with Crippen LogP contribution in [0.5, 0.6) is 5.75 Å². The average Bonchev–Trinajstić information content (AvgIpc) is 2.61. The monoisotopic (exact) mass is 312 g/mol. The van der Waals surface area contributed by atoms with E-state index in [9.17, 15) is 4.79 Å². The molecule has 1 aromatic rings. The standard InChI is InChI=1S/C18H20N2O3/c1-22-18(21)17-16(23-13-14-7-3-2-4-8-14)11-10-15(20-17)9-5-6-12-19/h3,7-8,10-11H,2,4,6,12-13,19H2,1H3. The van der Waals surface area contributed by atoms with Crippen molar-refractivity contribution in [3.8, 4) is 17.6 Å². The van der Waals surface area contributed by atoms with Crippen molar-refractivity contribution in [1.82, 2.24) is 4.98 Å². The van der Waals surface area contributed by atoms with Crippen LogP contribution in [0.1, 0.15) is 35.4 Å². The van der Waals surface area contributed by atoms with Crippen LogP contribution in [0.4, 0.5) is 0 Å². The molecule has 0 unspecified atom stereocenters. The van der Waals surface area contributed by atoms with E-state index in [0.717, 1.165) is 18.4 Å². The number of aromatic nitrogens is 1. The molecule has 0 amide bonds. The van der Waals surface area contributed by atoms with E-state index < -0.39 is 5.97 Å². The number of carbonyl (C=O) groups excluding carboxylic acids is 1. The lowest BCUT2D eigenvalue weighted by molar-refractivity contribution is 0.0589. The minimum atomic E-state index is -0.546. The molecule has 0 spiro atoms. The zero-order valence-corrected chi connectivity index (χ0v) is 13.2. The summed E-state index contributed by atoms with van der Waals surface area (Å²) in [6.45, 7) is 0.876. The predicted molar refractivity (Wildman–Crippen MR) is 88.1 cm³/mol. The maximum atomic E-state index is 11.9. The Bertz CT molecular complexity index is 681. The number of rotatable bonds is 5. The Morgan fingerprint density at radius 3 is 2.96 bits per heavy atom. The van der Waals surface area contributed by atoms with E-state index in [0.29, 0.717) is 31.0 Å². The maximum Gasteiger partial charge on any atom is 0.360 e. The normalized spacial score (nSPS) is 12.9. The van der Waals surface area contributed by atoms with Crippen molar-refractivity contribution in [3.63, 3.8) is 0 Å². The molecule has 5 nitrogen and oxygen atoms in total. The van der Waals surface area contributed by atoms with Gasteiger partial charge < -0.3 is 15.2 Å². The van der Waals surface area contributed by atoms with Crippen molar-refractivity contribution in [1.29, 1.82) is 0 Å². The summed E-state index contributed by atoms with van der Waals surface area (Å²) in [7, 11) is 1.31. The van der Waals surface area contributed by atoms with E-state index in [1.807, 2.05) is 6.08 Å². The average molecular weight is 312 g/mol. The van der Waals surface area contributed by atoms with Crippen LogP contribution in [-0.4, -0.2) is 31.2 Å². The van der Waals surface area contributed by atoms with E-state index in [1.54, 1.807) is 12.1 Å². The topological polar surface area (TPSA) is 74.4 Å². The van der Waals surface area contributed by atoms with Gasteiger partial charge in [0.25, 0.3) is 0 Å². The summed E-state index contributed by atoms with van der Waals surface area (Å²) in [5, 5.41) is 0. The van der Waals surface area contributed by atoms with Gasteiger partial charge in [-0.2, -0.15) is 0 Å². The number of esters is 1. The quantitative estimate of drug-likeness (QED) is 0.666. The van der Waals surface area contributed by atoms with E-state index in [4.69, 9.17) is 15.2 Å². The lowest BCUT2D eigenvalue weighted by atomic mass is 10.1. The van der Waals surface area contributed by atoms with Crippen molar-refractivity contribution in [2.75, 3.05) is 20.3 Å². The molecule has 0 fully saturated rings. The van der Waals surface area contributed by atoms with Gasteiger partial charge >= 0.3 is 5.97 Å². The maximum absolute atomic E-state index is 11.9. The third kappa shape index (κ3) is 4.97. The molecule has 2 N–H and O–H groups in total. The van der Waals surface area contributed by atoms with Gasteiger partial charge in [0, 0.05) is 13.0 Å². The van der Waals surface area contributed by atoms with Crippen molar-refractivity contribution in [3.05, 3.63) is 47.3 Å². The molecule has 1 aromatic heterocycles. The van der Waals surface area contributed by atoms with Crippen molar-refractivity contribution < 1.29 is 14.3 Å². The highest BCUT2D eigenvalue weighted by molar-refractivity contribution is 5.90. The SMILES string of the molecule is COC(=O)c1nc(C#CCCN)ccc1OCC1=CCCC=C1. The van der Waals surface area contributed by atoms with E-state index >= 15 is 0 Å². The molecule has 0 radical (unpaired) electrons. The van der Waals surface area contributed by atoms with Gasteiger partial charge in [0.15, 0.2) is 11.4 Å². The highest BCUT2D eigenvalue weighted by Crippen LogP contribution is 2.20. The van der Waals surface area contributed by atoms with Gasteiger partial charge in [-0.3, -0.25) is 0 Å². The summed E-state index contributed by atoms with van der Waals surface area (Å²) in [5.41, 5.74) is 7.10.